The van der Waals surface area contributed by atoms with Gasteiger partial charge >= 0.3 is 0 Å². The molecule has 0 N–H and O–H groups in total. The van der Waals surface area contributed by atoms with Crippen LogP contribution in [0.3, 0.4) is 0 Å². The summed E-state index contributed by atoms with van der Waals surface area (Å²) in [7, 11) is 0. The van der Waals surface area contributed by atoms with E-state index in [-0.39, 0.29) is 17.1 Å². The van der Waals surface area contributed by atoms with Crippen LogP contribution in [-0.2, 0) is 41.5 Å². The van der Waals surface area contributed by atoms with E-state index in [0.717, 1.165) is 49.0 Å². The van der Waals surface area contributed by atoms with Gasteiger partial charge in [-0.3, -0.25) is 9.97 Å². The van der Waals surface area contributed by atoms with Crippen LogP contribution in [-0.4, -0.2) is 67.6 Å². The quantitative estimate of drug-likeness (QED) is 0.124. The minimum absolute atomic E-state index is 0. The molecule has 2 aromatic rings. The van der Waals surface area contributed by atoms with Gasteiger partial charge < -0.3 is 21.1 Å². The number of aromatic nitrogens is 2. The molecule has 2 aromatic heterocycles. The number of likely N-dealkylation sites (tertiary alicyclic amines) is 2. The van der Waals surface area contributed by atoms with Gasteiger partial charge in [0.1, 0.15) is 0 Å². The molecule has 0 atom stereocenters. The summed E-state index contributed by atoms with van der Waals surface area (Å²) in [6.07, 6.45) is 13.6. The van der Waals surface area contributed by atoms with Crippen LogP contribution >= 0.6 is 0 Å². The first-order chi connectivity index (χ1) is 18.5. The Morgan fingerprint density at radius 2 is 1.00 bits per heavy atom. The van der Waals surface area contributed by atoms with Crippen molar-refractivity contribution in [2.24, 2.45) is 10.2 Å². The van der Waals surface area contributed by atoms with Crippen molar-refractivity contribution in [3.63, 3.8) is 0 Å². The predicted octanol–water partition coefficient (Wildman–Crippen LogP) is 4.84. The van der Waals surface area contributed by atoms with Crippen LogP contribution in [0.4, 0.5) is 0 Å². The molecule has 211 valence electrons. The number of rotatable bonds is 4. The Morgan fingerprint density at radius 1 is 0.641 bits per heavy atom. The van der Waals surface area contributed by atoms with E-state index in [9.17, 15) is 0 Å². The average molecular weight is 608 g/mol. The van der Waals surface area contributed by atoms with E-state index < -0.39 is 0 Å². The maximum Gasteiger partial charge on any atom is 0.189 e. The minimum atomic E-state index is 0. The van der Waals surface area contributed by atoms with Crippen molar-refractivity contribution in [2.45, 2.75) is 65.2 Å². The fourth-order valence-electron chi connectivity index (χ4n) is 4.16. The first-order valence-electron chi connectivity index (χ1n) is 13.5. The third-order valence-electron chi connectivity index (χ3n) is 6.43. The van der Waals surface area contributed by atoms with Gasteiger partial charge in [-0.05, 0) is 63.8 Å². The van der Waals surface area contributed by atoms with Crippen molar-refractivity contribution >= 4 is 46.1 Å². The van der Waals surface area contributed by atoms with Crippen molar-refractivity contribution < 1.29 is 17.1 Å². The Labute approximate surface area is 254 Å². The standard InChI is InChI=1S/2C14H20N4S.Mn/c2*1-12(13-8-4-5-9-15-13)16-17-14(19)18-10-6-2-3-7-11-18;/h2*4-5,8-9H,2-3,6-7,10-11H2,1H3,(H,15,17,19);. The number of hydrogen-bond acceptors (Lipinski definition) is 4. The summed E-state index contributed by atoms with van der Waals surface area (Å²) in [4.78, 5) is 12.9. The van der Waals surface area contributed by atoms with E-state index >= 15 is 0 Å². The molecule has 1 radical (unpaired) electrons. The molecule has 11 heteroatoms. The van der Waals surface area contributed by atoms with Gasteiger partial charge in [-0.15, -0.1) is 0 Å². The fourth-order valence-corrected chi connectivity index (χ4v) is 4.65. The van der Waals surface area contributed by atoms with Crippen LogP contribution in [0.5, 0.6) is 0 Å². The molecule has 0 spiro atoms. The molecule has 39 heavy (non-hydrogen) atoms. The van der Waals surface area contributed by atoms with E-state index in [1.54, 1.807) is 12.4 Å². The summed E-state index contributed by atoms with van der Waals surface area (Å²) in [5.41, 5.74) is 11.8. The molecule has 2 fully saturated rings. The normalized spacial score (nSPS) is 17.4. The van der Waals surface area contributed by atoms with Crippen LogP contribution in [0.15, 0.2) is 59.0 Å². The first kappa shape index (κ1) is 33.1. The van der Waals surface area contributed by atoms with Crippen molar-refractivity contribution in [2.75, 3.05) is 26.2 Å². The minimum Gasteiger partial charge on any atom is -0.515 e. The van der Waals surface area contributed by atoms with Gasteiger partial charge in [0.2, 0.25) is 0 Å². The molecule has 0 amide bonds. The smallest absolute Gasteiger partial charge is 0.189 e. The van der Waals surface area contributed by atoms with Crippen LogP contribution < -0.4 is 0 Å². The van der Waals surface area contributed by atoms with Crippen molar-refractivity contribution in [1.29, 1.82) is 0 Å². The molecular weight excluding hydrogens is 567 g/mol. The average Bonchev–Trinajstić information content (AvgIpc) is 3.42. The van der Waals surface area contributed by atoms with Crippen molar-refractivity contribution in [1.82, 2.24) is 19.8 Å². The summed E-state index contributed by atoms with van der Waals surface area (Å²) in [5.74, 6) is 0. The molecule has 8 nitrogen and oxygen atoms in total. The zero-order valence-corrected chi connectivity index (χ0v) is 25.9. The predicted molar refractivity (Wildman–Crippen MR) is 167 cm³/mol. The van der Waals surface area contributed by atoms with Gasteiger partial charge in [-0.25, -0.2) is 9.80 Å². The van der Waals surface area contributed by atoms with Gasteiger partial charge in [0.25, 0.3) is 0 Å². The molecule has 2 aliphatic heterocycles. The number of nitrogens with zero attached hydrogens (tertiary/aromatic N) is 8. The molecule has 2 aliphatic rings. The van der Waals surface area contributed by atoms with E-state index in [0.29, 0.717) is 10.2 Å². The second-order valence-corrected chi connectivity index (χ2v) is 10.2. The summed E-state index contributed by atoms with van der Waals surface area (Å²) in [6.45, 7) is 7.94. The number of hydrogen-bond donors (Lipinski definition) is 0. The first-order valence-corrected chi connectivity index (χ1v) is 14.4. The zero-order chi connectivity index (χ0) is 27.0. The van der Waals surface area contributed by atoms with E-state index in [4.69, 9.17) is 0 Å². The summed E-state index contributed by atoms with van der Waals surface area (Å²) < 4.78 is 0. The topological polar surface area (TPSA) is 85.2 Å². The molecule has 2 saturated heterocycles. The Balaban J connectivity index is 0.000000267. The molecular formula is C28H40MnN8S2. The maximum atomic E-state index is 4.46. The van der Waals surface area contributed by atoms with Crippen molar-refractivity contribution in [3.8, 4) is 0 Å². The molecule has 0 bridgehead atoms. The molecule has 0 unspecified atom stereocenters. The Hall–Kier alpha value is -2.14. The molecule has 0 saturated carbocycles. The Bertz CT molecular complexity index is 964. The maximum absolute atomic E-state index is 4.46. The van der Waals surface area contributed by atoms with Gasteiger partial charge in [0, 0.05) is 67.1 Å². The third-order valence-corrected chi connectivity index (χ3v) is 7.17. The van der Waals surface area contributed by atoms with Crippen molar-refractivity contribution in [3.05, 3.63) is 71.0 Å². The second-order valence-electron chi connectivity index (χ2n) is 9.40. The molecule has 4 rings (SSSR count). The van der Waals surface area contributed by atoms with Gasteiger partial charge in [0.15, 0.2) is 34.7 Å². The van der Waals surface area contributed by atoms with Gasteiger partial charge in [-0.2, -0.15) is 0 Å². The van der Waals surface area contributed by atoms with Crippen LogP contribution in [0.25, 0.3) is 10.9 Å². The summed E-state index contributed by atoms with van der Waals surface area (Å²) in [6, 6.07) is 11.5. The van der Waals surface area contributed by atoms with Gasteiger partial charge in [0.05, 0.1) is 11.4 Å². The second kappa shape index (κ2) is 19.0. The molecule has 0 aromatic carbocycles. The summed E-state index contributed by atoms with van der Waals surface area (Å²) in [5, 5.41) is 9.86. The van der Waals surface area contributed by atoms with Crippen LogP contribution in [0.1, 0.15) is 76.6 Å². The molecule has 0 aliphatic carbocycles. The number of thiol groups is 2. The van der Waals surface area contributed by atoms with E-state index in [1.165, 1.54) is 51.4 Å². The monoisotopic (exact) mass is 607 g/mol. The Morgan fingerprint density at radius 3 is 1.31 bits per heavy atom. The van der Waals surface area contributed by atoms with Gasteiger partial charge in [-0.1, -0.05) is 37.8 Å². The number of pyridine rings is 2. The van der Waals surface area contributed by atoms with Crippen LogP contribution in [0, 0.1) is 0 Å². The van der Waals surface area contributed by atoms with E-state index in [1.807, 2.05) is 50.2 Å². The SMILES string of the molecule is CC(=N[N-]C(=[SH+])N1CCCCCC1)c1ccccn1.CC(=N[N-]C(=[SH+])N1CCCCCC1)c1ccccn1.[Mn]. The molecule has 4 heterocycles. The van der Waals surface area contributed by atoms with Crippen LogP contribution in [0.2, 0.25) is 0 Å². The third kappa shape index (κ3) is 12.3. The Kier molecular flexibility index (Phi) is 16.1. The fraction of sp³-hybridized carbons (Fsp3) is 0.500. The van der Waals surface area contributed by atoms with E-state index in [2.05, 4.69) is 65.3 Å². The zero-order valence-electron chi connectivity index (χ0n) is 23.0. The largest absolute Gasteiger partial charge is 0.515 e. The summed E-state index contributed by atoms with van der Waals surface area (Å²) >= 11 is 8.91.